The van der Waals surface area contributed by atoms with Crippen molar-refractivity contribution in [1.82, 2.24) is 4.98 Å². The molecule has 0 atom stereocenters. The average molecular weight is 278 g/mol. The van der Waals surface area contributed by atoms with E-state index in [1.807, 2.05) is 0 Å². The van der Waals surface area contributed by atoms with Crippen molar-refractivity contribution in [1.29, 1.82) is 0 Å². The average Bonchev–Trinajstić information content (AvgIpc) is 2.59. The molecule has 0 saturated carbocycles. The van der Waals surface area contributed by atoms with Crippen molar-refractivity contribution in [3.63, 3.8) is 0 Å². The standard InChI is InChI=1S/C10H6Cl2FNOS/c11-7-3-5(13)1-2-6(7)9-8(4-15)16-10(12)14-9/h1-3,15H,4H2. The van der Waals surface area contributed by atoms with Crippen LogP contribution in [0.1, 0.15) is 4.88 Å². The third kappa shape index (κ3) is 2.20. The van der Waals surface area contributed by atoms with Crippen LogP contribution in [-0.4, -0.2) is 10.1 Å². The van der Waals surface area contributed by atoms with Gasteiger partial charge in [0, 0.05) is 5.56 Å². The van der Waals surface area contributed by atoms with Crippen molar-refractivity contribution >= 4 is 34.5 Å². The minimum atomic E-state index is -0.416. The van der Waals surface area contributed by atoms with E-state index in [-0.39, 0.29) is 11.6 Å². The van der Waals surface area contributed by atoms with Crippen molar-refractivity contribution in [3.8, 4) is 11.3 Å². The number of thiazole rings is 1. The number of nitrogens with zero attached hydrogens (tertiary/aromatic N) is 1. The summed E-state index contributed by atoms with van der Waals surface area (Å²) in [5.74, 6) is -0.416. The molecule has 1 aromatic carbocycles. The van der Waals surface area contributed by atoms with E-state index in [9.17, 15) is 4.39 Å². The highest BCUT2D eigenvalue weighted by Crippen LogP contribution is 2.35. The Morgan fingerprint density at radius 3 is 2.75 bits per heavy atom. The number of halogens is 3. The summed E-state index contributed by atoms with van der Waals surface area (Å²) in [4.78, 5) is 4.67. The lowest BCUT2D eigenvalue weighted by Crippen LogP contribution is -1.87. The zero-order valence-corrected chi connectivity index (χ0v) is 10.2. The van der Waals surface area contributed by atoms with Gasteiger partial charge < -0.3 is 5.11 Å². The first-order chi connectivity index (χ1) is 7.61. The van der Waals surface area contributed by atoms with Crippen LogP contribution < -0.4 is 0 Å². The number of hydrogen-bond donors (Lipinski definition) is 1. The number of aromatic nitrogens is 1. The van der Waals surface area contributed by atoms with E-state index in [4.69, 9.17) is 28.3 Å². The lowest BCUT2D eigenvalue weighted by atomic mass is 10.1. The van der Waals surface area contributed by atoms with E-state index in [0.717, 1.165) is 0 Å². The Bertz CT molecular complexity index is 530. The van der Waals surface area contributed by atoms with Gasteiger partial charge in [-0.1, -0.05) is 23.2 Å². The SMILES string of the molecule is OCc1sc(Cl)nc1-c1ccc(F)cc1Cl. The number of aliphatic hydroxyl groups excluding tert-OH is 1. The maximum absolute atomic E-state index is 12.9. The molecule has 1 N–H and O–H groups in total. The Kier molecular flexibility index (Phi) is 3.44. The van der Waals surface area contributed by atoms with Gasteiger partial charge in [0.2, 0.25) is 0 Å². The maximum atomic E-state index is 12.9. The van der Waals surface area contributed by atoms with Crippen LogP contribution in [-0.2, 0) is 6.61 Å². The molecule has 1 heterocycles. The third-order valence-corrected chi connectivity index (χ3v) is 3.46. The highest BCUT2D eigenvalue weighted by Gasteiger charge is 2.14. The zero-order chi connectivity index (χ0) is 11.7. The molecular formula is C10H6Cl2FNOS. The van der Waals surface area contributed by atoms with Crippen LogP contribution in [0.2, 0.25) is 9.49 Å². The van der Waals surface area contributed by atoms with Crippen LogP contribution in [0.25, 0.3) is 11.3 Å². The number of aliphatic hydroxyl groups is 1. The molecule has 0 aliphatic rings. The topological polar surface area (TPSA) is 33.1 Å². The Balaban J connectivity index is 2.57. The molecular weight excluding hydrogens is 272 g/mol. The number of rotatable bonds is 2. The van der Waals surface area contributed by atoms with E-state index in [2.05, 4.69) is 4.98 Å². The van der Waals surface area contributed by atoms with Crippen LogP contribution in [0, 0.1) is 5.82 Å². The third-order valence-electron chi connectivity index (χ3n) is 2.00. The van der Waals surface area contributed by atoms with E-state index in [0.29, 0.717) is 20.6 Å². The molecule has 0 spiro atoms. The van der Waals surface area contributed by atoms with Crippen LogP contribution >= 0.6 is 34.5 Å². The quantitative estimate of drug-likeness (QED) is 0.907. The lowest BCUT2D eigenvalue weighted by molar-refractivity contribution is 0.286. The molecule has 16 heavy (non-hydrogen) atoms. The molecule has 0 radical (unpaired) electrons. The van der Waals surface area contributed by atoms with Gasteiger partial charge in [-0.2, -0.15) is 0 Å². The molecule has 6 heteroatoms. The molecule has 0 bridgehead atoms. The highest BCUT2D eigenvalue weighted by atomic mass is 35.5. The van der Waals surface area contributed by atoms with Crippen LogP contribution in [0.5, 0.6) is 0 Å². The smallest absolute Gasteiger partial charge is 0.184 e. The summed E-state index contributed by atoms with van der Waals surface area (Å²) >= 11 is 12.8. The molecule has 0 amide bonds. The number of hydrogen-bond acceptors (Lipinski definition) is 3. The Hall–Kier alpha value is -0.680. The first-order valence-corrected chi connectivity index (χ1v) is 5.90. The van der Waals surface area contributed by atoms with Crippen molar-refractivity contribution in [2.75, 3.05) is 0 Å². The fraction of sp³-hybridized carbons (Fsp3) is 0.100. The molecule has 0 aliphatic carbocycles. The van der Waals surface area contributed by atoms with Gasteiger partial charge >= 0.3 is 0 Å². The largest absolute Gasteiger partial charge is 0.391 e. The summed E-state index contributed by atoms with van der Waals surface area (Å²) in [5, 5.41) is 9.38. The van der Waals surface area contributed by atoms with Gasteiger partial charge in [0.05, 0.1) is 22.2 Å². The molecule has 2 rings (SSSR count). The maximum Gasteiger partial charge on any atom is 0.184 e. The molecule has 2 nitrogen and oxygen atoms in total. The minimum Gasteiger partial charge on any atom is -0.391 e. The van der Waals surface area contributed by atoms with Gasteiger partial charge in [0.25, 0.3) is 0 Å². The fourth-order valence-electron chi connectivity index (χ4n) is 1.32. The summed E-state index contributed by atoms with van der Waals surface area (Å²) in [6.45, 7) is -0.173. The fourth-order valence-corrected chi connectivity index (χ4v) is 2.60. The van der Waals surface area contributed by atoms with Crippen molar-refractivity contribution in [2.45, 2.75) is 6.61 Å². The zero-order valence-electron chi connectivity index (χ0n) is 7.88. The normalized spacial score (nSPS) is 10.8. The van der Waals surface area contributed by atoms with Gasteiger partial charge in [0.15, 0.2) is 4.47 Å². The Morgan fingerprint density at radius 1 is 1.38 bits per heavy atom. The predicted octanol–water partition coefficient (Wildman–Crippen LogP) is 3.75. The Morgan fingerprint density at radius 2 is 2.12 bits per heavy atom. The van der Waals surface area contributed by atoms with Crippen LogP contribution in [0.4, 0.5) is 4.39 Å². The number of benzene rings is 1. The molecule has 0 saturated heterocycles. The van der Waals surface area contributed by atoms with Gasteiger partial charge in [-0.25, -0.2) is 9.37 Å². The van der Waals surface area contributed by atoms with Crippen molar-refractivity contribution in [3.05, 3.63) is 38.4 Å². The van der Waals surface area contributed by atoms with E-state index >= 15 is 0 Å². The van der Waals surface area contributed by atoms with Crippen molar-refractivity contribution in [2.24, 2.45) is 0 Å². The van der Waals surface area contributed by atoms with Gasteiger partial charge in [-0.05, 0) is 18.2 Å². The van der Waals surface area contributed by atoms with E-state index in [1.165, 1.54) is 29.5 Å². The predicted molar refractivity (Wildman–Crippen MR) is 63.5 cm³/mol. The Labute approximate surface area is 105 Å². The summed E-state index contributed by atoms with van der Waals surface area (Å²) in [6.07, 6.45) is 0. The molecule has 1 aromatic heterocycles. The summed E-state index contributed by atoms with van der Waals surface area (Å²) in [6, 6.07) is 4.00. The monoisotopic (exact) mass is 277 g/mol. The molecule has 0 unspecified atom stereocenters. The summed E-state index contributed by atoms with van der Waals surface area (Å²) in [5.41, 5.74) is 1.07. The van der Waals surface area contributed by atoms with Gasteiger partial charge in [-0.15, -0.1) is 11.3 Å². The van der Waals surface area contributed by atoms with E-state index < -0.39 is 5.82 Å². The molecule has 0 aliphatic heterocycles. The second-order valence-electron chi connectivity index (χ2n) is 3.02. The first kappa shape index (κ1) is 11.8. The van der Waals surface area contributed by atoms with Crippen LogP contribution in [0.15, 0.2) is 18.2 Å². The van der Waals surface area contributed by atoms with Gasteiger partial charge in [-0.3, -0.25) is 0 Å². The van der Waals surface area contributed by atoms with Gasteiger partial charge in [0.1, 0.15) is 5.82 Å². The highest BCUT2D eigenvalue weighted by molar-refractivity contribution is 7.16. The summed E-state index contributed by atoms with van der Waals surface area (Å²) in [7, 11) is 0. The van der Waals surface area contributed by atoms with Crippen LogP contribution in [0.3, 0.4) is 0 Å². The van der Waals surface area contributed by atoms with E-state index in [1.54, 1.807) is 0 Å². The molecule has 84 valence electrons. The second-order valence-corrected chi connectivity index (χ2v) is 5.09. The first-order valence-electron chi connectivity index (χ1n) is 4.33. The summed E-state index contributed by atoms with van der Waals surface area (Å²) < 4.78 is 13.2. The minimum absolute atomic E-state index is 0.173. The second kappa shape index (κ2) is 4.67. The lowest BCUT2D eigenvalue weighted by Gasteiger charge is -2.02. The van der Waals surface area contributed by atoms with Crippen molar-refractivity contribution < 1.29 is 9.50 Å². The molecule has 0 fully saturated rings. The molecule has 2 aromatic rings.